The Morgan fingerprint density at radius 1 is 1.35 bits per heavy atom. The van der Waals surface area contributed by atoms with Gasteiger partial charge in [0.1, 0.15) is 6.61 Å². The first-order valence-electron chi connectivity index (χ1n) is 6.74. The van der Waals surface area contributed by atoms with E-state index in [0.29, 0.717) is 13.1 Å². The Labute approximate surface area is 116 Å². The van der Waals surface area contributed by atoms with Crippen molar-refractivity contribution in [1.29, 1.82) is 0 Å². The minimum atomic E-state index is -4.31. The van der Waals surface area contributed by atoms with Crippen molar-refractivity contribution in [3.05, 3.63) is 11.9 Å². The lowest BCUT2D eigenvalue weighted by atomic mass is 10.2. The number of nitrogens with one attached hydrogen (secondary N) is 1. The van der Waals surface area contributed by atoms with Gasteiger partial charge in [-0.05, 0) is 19.4 Å². The molecule has 0 spiro atoms. The summed E-state index contributed by atoms with van der Waals surface area (Å²) in [6, 6.07) is -0.334. The van der Waals surface area contributed by atoms with Crippen molar-refractivity contribution in [2.24, 2.45) is 0 Å². The molecule has 1 rings (SSSR count). The van der Waals surface area contributed by atoms with Gasteiger partial charge in [0.05, 0.1) is 24.5 Å². The van der Waals surface area contributed by atoms with E-state index in [4.69, 9.17) is 4.74 Å². The van der Waals surface area contributed by atoms with Crippen molar-refractivity contribution in [3.63, 3.8) is 0 Å². The molecule has 0 bridgehead atoms. The van der Waals surface area contributed by atoms with E-state index in [0.717, 1.165) is 18.5 Å². The zero-order chi connectivity index (χ0) is 15.0. The quantitative estimate of drug-likeness (QED) is 0.759. The third-order valence-electron chi connectivity index (χ3n) is 2.63. The Bertz CT molecular complexity index is 381. The summed E-state index contributed by atoms with van der Waals surface area (Å²) in [6.07, 6.45) is -0.984. The lowest BCUT2D eigenvalue weighted by Gasteiger charge is -2.19. The van der Waals surface area contributed by atoms with Crippen molar-refractivity contribution in [3.8, 4) is 0 Å². The van der Waals surface area contributed by atoms with Crippen LogP contribution in [0.1, 0.15) is 38.4 Å². The Balaban J connectivity index is 2.65. The SMILES string of the molecule is CCCNC(COCC(F)(F)F)c1cnnn1CCC. The molecule has 116 valence electrons. The van der Waals surface area contributed by atoms with Crippen LogP contribution in [-0.4, -0.2) is 40.9 Å². The second kappa shape index (κ2) is 8.21. The first kappa shape index (κ1) is 16.9. The molecule has 0 radical (unpaired) electrons. The highest BCUT2D eigenvalue weighted by Crippen LogP contribution is 2.17. The number of ether oxygens (including phenoxy) is 1. The van der Waals surface area contributed by atoms with Crippen molar-refractivity contribution < 1.29 is 17.9 Å². The summed E-state index contributed by atoms with van der Waals surface area (Å²) in [5, 5.41) is 10.9. The summed E-state index contributed by atoms with van der Waals surface area (Å²) < 4.78 is 42.8. The van der Waals surface area contributed by atoms with Crippen LogP contribution in [0.15, 0.2) is 6.20 Å². The van der Waals surface area contributed by atoms with Gasteiger partial charge in [-0.15, -0.1) is 5.10 Å². The van der Waals surface area contributed by atoms with E-state index >= 15 is 0 Å². The van der Waals surface area contributed by atoms with Crippen LogP contribution in [0.25, 0.3) is 0 Å². The summed E-state index contributed by atoms with van der Waals surface area (Å²) in [5.41, 5.74) is 0.752. The number of hydrogen-bond donors (Lipinski definition) is 1. The Morgan fingerprint density at radius 3 is 2.70 bits per heavy atom. The van der Waals surface area contributed by atoms with Gasteiger partial charge in [-0.2, -0.15) is 13.2 Å². The first-order chi connectivity index (χ1) is 9.48. The van der Waals surface area contributed by atoms with E-state index in [-0.39, 0.29) is 12.6 Å². The van der Waals surface area contributed by atoms with Gasteiger partial charge < -0.3 is 10.1 Å². The molecule has 0 aliphatic carbocycles. The minimum Gasteiger partial charge on any atom is -0.370 e. The molecule has 0 amide bonds. The van der Waals surface area contributed by atoms with Gasteiger partial charge in [-0.1, -0.05) is 19.1 Å². The van der Waals surface area contributed by atoms with Gasteiger partial charge in [0, 0.05) is 6.54 Å². The third kappa shape index (κ3) is 5.87. The molecule has 1 N–H and O–H groups in total. The van der Waals surface area contributed by atoms with Crippen LogP contribution in [0.3, 0.4) is 0 Å². The first-order valence-corrected chi connectivity index (χ1v) is 6.74. The van der Waals surface area contributed by atoms with Crippen LogP contribution in [0.2, 0.25) is 0 Å². The molecule has 0 saturated carbocycles. The summed E-state index contributed by atoms with van der Waals surface area (Å²) >= 11 is 0. The van der Waals surface area contributed by atoms with Gasteiger partial charge in [-0.25, -0.2) is 4.68 Å². The van der Waals surface area contributed by atoms with E-state index in [1.54, 1.807) is 10.9 Å². The second-order valence-corrected chi connectivity index (χ2v) is 4.52. The summed E-state index contributed by atoms with van der Waals surface area (Å²) in [7, 11) is 0. The smallest absolute Gasteiger partial charge is 0.370 e. The molecular formula is C12H21F3N4O. The van der Waals surface area contributed by atoms with E-state index < -0.39 is 12.8 Å². The predicted octanol–water partition coefficient (Wildman–Crippen LogP) is 2.31. The minimum absolute atomic E-state index is 0.0589. The van der Waals surface area contributed by atoms with E-state index in [1.165, 1.54) is 0 Å². The van der Waals surface area contributed by atoms with Crippen molar-refractivity contribution in [2.75, 3.05) is 19.8 Å². The fraction of sp³-hybridized carbons (Fsp3) is 0.833. The van der Waals surface area contributed by atoms with Crippen LogP contribution in [0.5, 0.6) is 0 Å². The number of rotatable bonds is 9. The average Bonchev–Trinajstić information content (AvgIpc) is 2.81. The highest BCUT2D eigenvalue weighted by molar-refractivity contribution is 5.02. The molecule has 0 fully saturated rings. The monoisotopic (exact) mass is 294 g/mol. The number of alkyl halides is 3. The molecule has 1 aromatic rings. The van der Waals surface area contributed by atoms with Gasteiger partial charge in [0.2, 0.25) is 0 Å². The Kier molecular flexibility index (Phi) is 6.94. The molecule has 1 atom stereocenters. The normalized spacial score (nSPS) is 13.7. The van der Waals surface area contributed by atoms with Crippen LogP contribution < -0.4 is 5.32 Å². The zero-order valence-corrected chi connectivity index (χ0v) is 11.8. The third-order valence-corrected chi connectivity index (χ3v) is 2.63. The molecule has 0 aliphatic heterocycles. The molecule has 0 aromatic carbocycles. The molecule has 0 aliphatic rings. The molecule has 0 saturated heterocycles. The van der Waals surface area contributed by atoms with Crippen LogP contribution >= 0.6 is 0 Å². The number of aryl methyl sites for hydroxylation is 1. The second-order valence-electron chi connectivity index (χ2n) is 4.52. The summed E-state index contributed by atoms with van der Waals surface area (Å²) in [4.78, 5) is 0. The lowest BCUT2D eigenvalue weighted by Crippen LogP contribution is -2.30. The maximum absolute atomic E-state index is 12.1. The molecule has 1 aromatic heterocycles. The average molecular weight is 294 g/mol. The van der Waals surface area contributed by atoms with Crippen LogP contribution in [0, 0.1) is 0 Å². The molecule has 1 unspecified atom stereocenters. The van der Waals surface area contributed by atoms with Crippen molar-refractivity contribution >= 4 is 0 Å². The highest BCUT2D eigenvalue weighted by Gasteiger charge is 2.28. The Morgan fingerprint density at radius 2 is 2.10 bits per heavy atom. The fourth-order valence-electron chi connectivity index (χ4n) is 1.78. The molecule has 20 heavy (non-hydrogen) atoms. The van der Waals surface area contributed by atoms with Gasteiger partial charge in [-0.3, -0.25) is 0 Å². The van der Waals surface area contributed by atoms with Crippen LogP contribution in [-0.2, 0) is 11.3 Å². The highest BCUT2D eigenvalue weighted by atomic mass is 19.4. The maximum atomic E-state index is 12.1. The molecule has 8 heteroatoms. The summed E-state index contributed by atoms with van der Waals surface area (Å²) in [5.74, 6) is 0. The van der Waals surface area contributed by atoms with Gasteiger partial charge in [0.15, 0.2) is 0 Å². The number of halogens is 3. The van der Waals surface area contributed by atoms with Gasteiger partial charge >= 0.3 is 6.18 Å². The topological polar surface area (TPSA) is 52.0 Å². The van der Waals surface area contributed by atoms with Crippen molar-refractivity contribution in [2.45, 2.75) is 45.5 Å². The lowest BCUT2D eigenvalue weighted by molar-refractivity contribution is -0.175. The molecule has 5 nitrogen and oxygen atoms in total. The molecular weight excluding hydrogens is 273 g/mol. The largest absolute Gasteiger partial charge is 0.411 e. The van der Waals surface area contributed by atoms with Gasteiger partial charge in [0.25, 0.3) is 0 Å². The molecule has 1 heterocycles. The maximum Gasteiger partial charge on any atom is 0.411 e. The van der Waals surface area contributed by atoms with Crippen molar-refractivity contribution in [1.82, 2.24) is 20.3 Å². The number of hydrogen-bond acceptors (Lipinski definition) is 4. The van der Waals surface area contributed by atoms with Crippen LogP contribution in [0.4, 0.5) is 13.2 Å². The van der Waals surface area contributed by atoms with E-state index in [2.05, 4.69) is 15.6 Å². The predicted molar refractivity (Wildman–Crippen MR) is 68.2 cm³/mol. The number of aromatic nitrogens is 3. The van der Waals surface area contributed by atoms with E-state index in [1.807, 2.05) is 13.8 Å². The van der Waals surface area contributed by atoms with E-state index in [9.17, 15) is 13.2 Å². The fourth-order valence-corrected chi connectivity index (χ4v) is 1.78. The number of nitrogens with zero attached hydrogens (tertiary/aromatic N) is 3. The Hall–Kier alpha value is -1.15. The zero-order valence-electron chi connectivity index (χ0n) is 11.8. The standard InChI is InChI=1S/C12H21F3N4O/c1-3-5-16-10(8-20-9-12(13,14)15)11-7-17-18-19(11)6-4-2/h7,10,16H,3-6,8-9H2,1-2H3. The summed E-state index contributed by atoms with van der Waals surface area (Å²) in [6.45, 7) is 4.06.